The van der Waals surface area contributed by atoms with Crippen LogP contribution < -0.4 is 14.8 Å². The van der Waals surface area contributed by atoms with E-state index < -0.39 is 0 Å². The molecule has 7 heteroatoms. The Balaban J connectivity index is 1.38. The molecule has 0 atom stereocenters. The lowest BCUT2D eigenvalue weighted by Gasteiger charge is -2.09. The molecule has 0 unspecified atom stereocenters. The molecule has 4 rings (SSSR count). The van der Waals surface area contributed by atoms with E-state index in [0.29, 0.717) is 17.3 Å². The van der Waals surface area contributed by atoms with Crippen molar-refractivity contribution in [1.29, 1.82) is 0 Å². The minimum Gasteiger partial charge on any atom is -0.467 e. The Labute approximate surface area is 159 Å². The maximum Gasteiger partial charge on any atom is 0.262 e. The molecule has 0 fully saturated rings. The summed E-state index contributed by atoms with van der Waals surface area (Å²) >= 11 is 1.50. The summed E-state index contributed by atoms with van der Waals surface area (Å²) in [6.07, 6.45) is 1.43. The molecule has 134 valence electrons. The van der Waals surface area contributed by atoms with Gasteiger partial charge in [0, 0.05) is 11.8 Å². The van der Waals surface area contributed by atoms with E-state index in [2.05, 4.69) is 15.3 Å². The third-order valence-corrected chi connectivity index (χ3v) is 4.48. The second kappa shape index (κ2) is 7.84. The van der Waals surface area contributed by atoms with E-state index in [1.807, 2.05) is 53.9 Å². The Morgan fingerprint density at radius 3 is 2.74 bits per heavy atom. The third-order valence-electron chi connectivity index (χ3n) is 3.66. The SMILES string of the molecule is O=C(COc1ncnc2sccc12)Nc1cccc(Oc2ccccc2)c1. The summed E-state index contributed by atoms with van der Waals surface area (Å²) in [7, 11) is 0. The van der Waals surface area contributed by atoms with Crippen LogP contribution in [0.15, 0.2) is 72.4 Å². The summed E-state index contributed by atoms with van der Waals surface area (Å²) in [5, 5.41) is 5.50. The zero-order valence-electron chi connectivity index (χ0n) is 14.2. The van der Waals surface area contributed by atoms with Crippen molar-refractivity contribution < 1.29 is 14.3 Å². The van der Waals surface area contributed by atoms with Gasteiger partial charge in [-0.05, 0) is 35.7 Å². The highest BCUT2D eigenvalue weighted by molar-refractivity contribution is 7.16. The van der Waals surface area contributed by atoms with Gasteiger partial charge in [0.25, 0.3) is 5.91 Å². The summed E-state index contributed by atoms with van der Waals surface area (Å²) in [4.78, 5) is 21.3. The molecule has 0 bridgehead atoms. The van der Waals surface area contributed by atoms with E-state index in [9.17, 15) is 4.79 Å². The Morgan fingerprint density at radius 2 is 1.85 bits per heavy atom. The minimum atomic E-state index is -0.283. The number of carbonyl (C=O) groups is 1. The predicted molar refractivity (Wildman–Crippen MR) is 104 cm³/mol. The summed E-state index contributed by atoms with van der Waals surface area (Å²) in [5.41, 5.74) is 0.625. The van der Waals surface area contributed by atoms with Crippen LogP contribution in [-0.2, 0) is 4.79 Å². The standard InChI is InChI=1S/C20H15N3O3S/c24-18(12-25-19-17-9-10-27-20(17)22-13-21-19)23-14-5-4-8-16(11-14)26-15-6-2-1-3-7-15/h1-11,13H,12H2,(H,23,24). The van der Waals surface area contributed by atoms with Crippen molar-refractivity contribution in [2.75, 3.05) is 11.9 Å². The average Bonchev–Trinajstić information content (AvgIpc) is 3.17. The smallest absolute Gasteiger partial charge is 0.262 e. The van der Waals surface area contributed by atoms with Crippen LogP contribution in [0.3, 0.4) is 0 Å². The molecule has 0 radical (unpaired) electrons. The van der Waals surface area contributed by atoms with E-state index in [4.69, 9.17) is 9.47 Å². The monoisotopic (exact) mass is 377 g/mol. The predicted octanol–water partition coefficient (Wildman–Crippen LogP) is 4.50. The lowest BCUT2D eigenvalue weighted by Crippen LogP contribution is -2.20. The molecular weight excluding hydrogens is 362 g/mol. The Morgan fingerprint density at radius 1 is 1.00 bits per heavy atom. The first-order valence-electron chi connectivity index (χ1n) is 8.22. The number of hydrogen-bond donors (Lipinski definition) is 1. The van der Waals surface area contributed by atoms with Crippen molar-refractivity contribution in [3.63, 3.8) is 0 Å². The van der Waals surface area contributed by atoms with Gasteiger partial charge in [-0.25, -0.2) is 9.97 Å². The highest BCUT2D eigenvalue weighted by atomic mass is 32.1. The average molecular weight is 377 g/mol. The van der Waals surface area contributed by atoms with Gasteiger partial charge in [0.2, 0.25) is 5.88 Å². The van der Waals surface area contributed by atoms with Gasteiger partial charge in [-0.15, -0.1) is 11.3 Å². The number of carbonyl (C=O) groups excluding carboxylic acids is 1. The number of fused-ring (bicyclic) bond motifs is 1. The normalized spacial score (nSPS) is 10.5. The molecule has 1 N–H and O–H groups in total. The van der Waals surface area contributed by atoms with Gasteiger partial charge in [0.05, 0.1) is 5.39 Å². The number of aromatic nitrogens is 2. The number of anilines is 1. The van der Waals surface area contributed by atoms with Gasteiger partial charge in [-0.1, -0.05) is 24.3 Å². The molecule has 4 aromatic rings. The first-order chi connectivity index (χ1) is 13.3. The molecule has 1 amide bonds. The molecular formula is C20H15N3O3S. The number of benzene rings is 2. The maximum absolute atomic E-state index is 12.2. The number of para-hydroxylation sites is 1. The van der Waals surface area contributed by atoms with Gasteiger partial charge in [0.1, 0.15) is 22.7 Å². The van der Waals surface area contributed by atoms with Crippen LogP contribution in [0.5, 0.6) is 17.4 Å². The van der Waals surface area contributed by atoms with Crippen molar-refractivity contribution in [2.45, 2.75) is 0 Å². The fourth-order valence-electron chi connectivity index (χ4n) is 2.48. The maximum atomic E-state index is 12.2. The summed E-state index contributed by atoms with van der Waals surface area (Å²) in [5.74, 6) is 1.48. The summed E-state index contributed by atoms with van der Waals surface area (Å²) < 4.78 is 11.3. The number of amides is 1. The zero-order chi connectivity index (χ0) is 18.5. The van der Waals surface area contributed by atoms with Gasteiger partial charge < -0.3 is 14.8 Å². The number of thiophene rings is 1. The van der Waals surface area contributed by atoms with Crippen LogP contribution in [0.1, 0.15) is 0 Å². The van der Waals surface area contributed by atoms with Crippen LogP contribution in [0.2, 0.25) is 0 Å². The van der Waals surface area contributed by atoms with Gasteiger partial charge in [-0.2, -0.15) is 0 Å². The van der Waals surface area contributed by atoms with Crippen molar-refractivity contribution in [3.8, 4) is 17.4 Å². The van der Waals surface area contributed by atoms with Crippen LogP contribution >= 0.6 is 11.3 Å². The van der Waals surface area contributed by atoms with E-state index in [1.54, 1.807) is 12.1 Å². The quantitative estimate of drug-likeness (QED) is 0.535. The lowest BCUT2D eigenvalue weighted by atomic mass is 10.3. The molecule has 0 spiro atoms. The minimum absolute atomic E-state index is 0.147. The first kappa shape index (κ1) is 17.0. The summed E-state index contributed by atoms with van der Waals surface area (Å²) in [6, 6.07) is 18.5. The fraction of sp³-hybridized carbons (Fsp3) is 0.0500. The summed E-state index contributed by atoms with van der Waals surface area (Å²) in [6.45, 7) is -0.147. The second-order valence-electron chi connectivity index (χ2n) is 5.60. The highest BCUT2D eigenvalue weighted by Gasteiger charge is 2.09. The molecule has 0 aliphatic rings. The first-order valence-corrected chi connectivity index (χ1v) is 9.10. The van der Waals surface area contributed by atoms with Crippen molar-refractivity contribution in [1.82, 2.24) is 9.97 Å². The molecule has 27 heavy (non-hydrogen) atoms. The number of nitrogens with one attached hydrogen (secondary N) is 1. The van der Waals surface area contributed by atoms with Crippen LogP contribution in [0.25, 0.3) is 10.2 Å². The van der Waals surface area contributed by atoms with E-state index in [-0.39, 0.29) is 12.5 Å². The third kappa shape index (κ3) is 4.21. The molecule has 0 saturated carbocycles. The Hall–Kier alpha value is -3.45. The number of nitrogens with zero attached hydrogens (tertiary/aromatic N) is 2. The van der Waals surface area contributed by atoms with E-state index in [0.717, 1.165) is 16.0 Å². The molecule has 0 saturated heterocycles. The molecule has 6 nitrogen and oxygen atoms in total. The van der Waals surface area contributed by atoms with Crippen molar-refractivity contribution >= 4 is 33.1 Å². The van der Waals surface area contributed by atoms with E-state index in [1.165, 1.54) is 17.7 Å². The van der Waals surface area contributed by atoms with E-state index >= 15 is 0 Å². The number of hydrogen-bond acceptors (Lipinski definition) is 6. The van der Waals surface area contributed by atoms with Gasteiger partial charge in [-0.3, -0.25) is 4.79 Å². The fourth-order valence-corrected chi connectivity index (χ4v) is 3.20. The molecule has 2 aromatic heterocycles. The Bertz CT molecular complexity index is 1070. The molecule has 2 aromatic carbocycles. The van der Waals surface area contributed by atoms with Gasteiger partial charge in [0.15, 0.2) is 6.61 Å². The number of ether oxygens (including phenoxy) is 2. The van der Waals surface area contributed by atoms with Crippen LogP contribution in [0, 0.1) is 0 Å². The number of rotatable bonds is 6. The van der Waals surface area contributed by atoms with Crippen molar-refractivity contribution in [2.24, 2.45) is 0 Å². The largest absolute Gasteiger partial charge is 0.467 e. The highest BCUT2D eigenvalue weighted by Crippen LogP contribution is 2.26. The molecule has 0 aliphatic carbocycles. The molecule has 2 heterocycles. The lowest BCUT2D eigenvalue weighted by molar-refractivity contribution is -0.118. The van der Waals surface area contributed by atoms with Crippen LogP contribution in [-0.4, -0.2) is 22.5 Å². The second-order valence-corrected chi connectivity index (χ2v) is 6.49. The van der Waals surface area contributed by atoms with Crippen molar-refractivity contribution in [3.05, 3.63) is 72.4 Å². The molecule has 0 aliphatic heterocycles. The zero-order valence-corrected chi connectivity index (χ0v) is 15.0. The van der Waals surface area contributed by atoms with Crippen LogP contribution in [0.4, 0.5) is 5.69 Å². The topological polar surface area (TPSA) is 73.3 Å². The van der Waals surface area contributed by atoms with Gasteiger partial charge >= 0.3 is 0 Å². The Kier molecular flexibility index (Phi) is 4.93.